The van der Waals surface area contributed by atoms with E-state index in [1.54, 1.807) is 6.08 Å². The Morgan fingerprint density at radius 1 is 1.32 bits per heavy atom. The van der Waals surface area contributed by atoms with Crippen molar-refractivity contribution in [1.29, 1.82) is 0 Å². The summed E-state index contributed by atoms with van der Waals surface area (Å²) in [5, 5.41) is 12.5. The summed E-state index contributed by atoms with van der Waals surface area (Å²) in [6, 6.07) is 5.72. The van der Waals surface area contributed by atoms with Crippen LogP contribution in [0.1, 0.15) is 26.3 Å². The van der Waals surface area contributed by atoms with E-state index in [-0.39, 0.29) is 5.91 Å². The van der Waals surface area contributed by atoms with E-state index in [1.165, 1.54) is 6.20 Å². The molecular formula is C15H18N2O2. The number of aryl methyl sites for hydroxylation is 1. The van der Waals surface area contributed by atoms with Gasteiger partial charge in [0.25, 0.3) is 5.91 Å². The molecule has 19 heavy (non-hydrogen) atoms. The molecule has 4 heteroatoms. The highest BCUT2D eigenvalue weighted by atomic mass is 16.5. The number of carbonyl (C=O) groups excluding carboxylic acids is 1. The van der Waals surface area contributed by atoms with Crippen molar-refractivity contribution in [3.8, 4) is 0 Å². The predicted molar refractivity (Wildman–Crippen MR) is 72.9 cm³/mol. The van der Waals surface area contributed by atoms with Crippen molar-refractivity contribution in [1.82, 2.24) is 5.06 Å². The molecule has 1 aliphatic rings. The Morgan fingerprint density at radius 2 is 2.00 bits per heavy atom. The van der Waals surface area contributed by atoms with E-state index < -0.39 is 5.54 Å². The monoisotopic (exact) mass is 258 g/mol. The third kappa shape index (κ3) is 2.90. The Balaban J connectivity index is 2.51. The molecule has 1 aliphatic heterocycles. The van der Waals surface area contributed by atoms with Gasteiger partial charge in [0.15, 0.2) is 0 Å². The third-order valence-electron chi connectivity index (χ3n) is 2.91. The van der Waals surface area contributed by atoms with Crippen molar-refractivity contribution in [2.75, 3.05) is 0 Å². The number of carbonyl (C=O) groups is 1. The highest BCUT2D eigenvalue weighted by Gasteiger charge is 2.19. The lowest BCUT2D eigenvalue weighted by Crippen LogP contribution is -2.36. The number of amides is 1. The molecule has 1 heterocycles. The van der Waals surface area contributed by atoms with Gasteiger partial charge in [-0.25, -0.2) is 4.99 Å². The molecule has 0 saturated heterocycles. The zero-order valence-electron chi connectivity index (χ0n) is 11.6. The van der Waals surface area contributed by atoms with Gasteiger partial charge in [-0.2, -0.15) is 0 Å². The Morgan fingerprint density at radius 3 is 2.63 bits per heavy atom. The lowest BCUT2D eigenvalue weighted by Gasteiger charge is -2.28. The molecule has 1 aromatic rings. The summed E-state index contributed by atoms with van der Waals surface area (Å²) in [4.78, 5) is 15.9. The lowest BCUT2D eigenvalue weighted by molar-refractivity contribution is -0.118. The van der Waals surface area contributed by atoms with E-state index in [0.717, 1.165) is 15.8 Å². The van der Waals surface area contributed by atoms with Gasteiger partial charge in [-0.3, -0.25) is 15.1 Å². The standard InChI is InChI=1S/C15H18N2O2/c1-10-5-6-13-11(7-10)8-12(14(18)16-13)9-17(19)15(2,3)4/h5-9,19H,1-4H3/b12-9+. The summed E-state index contributed by atoms with van der Waals surface area (Å²) >= 11 is 0. The topological polar surface area (TPSA) is 52.9 Å². The molecule has 0 radical (unpaired) electrons. The smallest absolute Gasteiger partial charge is 0.279 e. The van der Waals surface area contributed by atoms with Gasteiger partial charge in [-0.05, 0) is 45.9 Å². The van der Waals surface area contributed by atoms with Crippen LogP contribution in [-0.4, -0.2) is 21.7 Å². The van der Waals surface area contributed by atoms with Gasteiger partial charge >= 0.3 is 0 Å². The van der Waals surface area contributed by atoms with Crippen LogP contribution in [0.4, 0.5) is 0 Å². The molecule has 0 spiro atoms. The normalized spacial score (nSPS) is 16.7. The number of hydrogen-bond acceptors (Lipinski definition) is 3. The average Bonchev–Trinajstić information content (AvgIpc) is 2.29. The maximum absolute atomic E-state index is 11.9. The first-order chi connectivity index (χ1) is 8.77. The number of nitrogens with zero attached hydrogens (tertiary/aromatic N) is 2. The van der Waals surface area contributed by atoms with E-state index >= 15 is 0 Å². The van der Waals surface area contributed by atoms with Crippen molar-refractivity contribution in [3.05, 3.63) is 46.1 Å². The van der Waals surface area contributed by atoms with Gasteiger partial charge < -0.3 is 0 Å². The van der Waals surface area contributed by atoms with Crippen molar-refractivity contribution in [3.63, 3.8) is 0 Å². The second-order valence-corrected chi connectivity index (χ2v) is 5.72. The van der Waals surface area contributed by atoms with Crippen LogP contribution in [0, 0.1) is 6.92 Å². The summed E-state index contributed by atoms with van der Waals surface area (Å²) in [5.41, 5.74) is 1.03. The number of fused-ring (bicyclic) bond motifs is 1. The zero-order valence-corrected chi connectivity index (χ0v) is 11.6. The fraction of sp³-hybridized carbons (Fsp3) is 0.333. The first-order valence-electron chi connectivity index (χ1n) is 6.19. The van der Waals surface area contributed by atoms with Crippen LogP contribution in [0.2, 0.25) is 0 Å². The molecule has 1 N–H and O–H groups in total. The zero-order chi connectivity index (χ0) is 14.2. The number of rotatable bonds is 1. The van der Waals surface area contributed by atoms with E-state index in [1.807, 2.05) is 45.9 Å². The van der Waals surface area contributed by atoms with Crippen LogP contribution in [0.15, 0.2) is 35.0 Å². The summed E-state index contributed by atoms with van der Waals surface area (Å²) < 4.78 is 0. The summed E-state index contributed by atoms with van der Waals surface area (Å²) in [5.74, 6) is -0.334. The summed E-state index contributed by atoms with van der Waals surface area (Å²) in [6.45, 7) is 7.55. The Hall–Kier alpha value is -1.94. The fourth-order valence-electron chi connectivity index (χ4n) is 1.71. The molecule has 2 rings (SSSR count). The highest BCUT2D eigenvalue weighted by molar-refractivity contribution is 6.02. The van der Waals surface area contributed by atoms with Crippen LogP contribution in [-0.2, 0) is 4.79 Å². The fourth-order valence-corrected chi connectivity index (χ4v) is 1.71. The van der Waals surface area contributed by atoms with Crippen molar-refractivity contribution >= 4 is 12.0 Å². The van der Waals surface area contributed by atoms with E-state index in [4.69, 9.17) is 0 Å². The minimum Gasteiger partial charge on any atom is -0.288 e. The van der Waals surface area contributed by atoms with Crippen molar-refractivity contribution < 1.29 is 10.0 Å². The number of hydroxylamine groups is 2. The van der Waals surface area contributed by atoms with Gasteiger partial charge in [0.05, 0.1) is 16.5 Å². The van der Waals surface area contributed by atoms with Crippen LogP contribution in [0.25, 0.3) is 6.08 Å². The second kappa shape index (κ2) is 4.63. The first kappa shape index (κ1) is 13.5. The molecule has 1 aromatic carbocycles. The average molecular weight is 258 g/mol. The summed E-state index contributed by atoms with van der Waals surface area (Å²) in [6.07, 6.45) is 3.18. The maximum Gasteiger partial charge on any atom is 0.279 e. The molecule has 1 amide bonds. The van der Waals surface area contributed by atoms with E-state index in [2.05, 4.69) is 4.99 Å². The number of hydrogen-bond donors (Lipinski definition) is 1. The molecular weight excluding hydrogens is 240 g/mol. The van der Waals surface area contributed by atoms with E-state index in [0.29, 0.717) is 10.9 Å². The van der Waals surface area contributed by atoms with Gasteiger partial charge in [-0.15, -0.1) is 0 Å². The number of benzene rings is 1. The Labute approximate surface area is 112 Å². The van der Waals surface area contributed by atoms with Crippen LogP contribution >= 0.6 is 0 Å². The van der Waals surface area contributed by atoms with Crippen LogP contribution < -0.4 is 10.6 Å². The molecule has 100 valence electrons. The molecule has 0 atom stereocenters. The maximum atomic E-state index is 11.9. The molecule has 0 bridgehead atoms. The van der Waals surface area contributed by atoms with Crippen LogP contribution in [0.3, 0.4) is 0 Å². The molecule has 0 aliphatic carbocycles. The molecule has 4 nitrogen and oxygen atoms in total. The molecule has 0 aromatic heterocycles. The van der Waals surface area contributed by atoms with Crippen molar-refractivity contribution in [2.45, 2.75) is 33.2 Å². The second-order valence-electron chi connectivity index (χ2n) is 5.72. The van der Waals surface area contributed by atoms with E-state index in [9.17, 15) is 10.0 Å². The Kier molecular flexibility index (Phi) is 3.28. The minimum absolute atomic E-state index is 0.334. The van der Waals surface area contributed by atoms with Gasteiger partial charge in [-0.1, -0.05) is 11.6 Å². The van der Waals surface area contributed by atoms with Crippen molar-refractivity contribution in [2.24, 2.45) is 4.99 Å². The quantitative estimate of drug-likeness (QED) is 0.610. The lowest BCUT2D eigenvalue weighted by atomic mass is 10.1. The molecule has 0 fully saturated rings. The minimum atomic E-state index is -0.464. The first-order valence-corrected chi connectivity index (χ1v) is 6.19. The predicted octanol–water partition coefficient (Wildman–Crippen LogP) is 1.31. The van der Waals surface area contributed by atoms with Crippen LogP contribution in [0.5, 0.6) is 0 Å². The van der Waals surface area contributed by atoms with Gasteiger partial charge in [0, 0.05) is 11.4 Å². The SMILES string of the molecule is Cc1ccc2c(c1)=C/C(=C\N(O)C(C)(C)C)C(=O)N=2. The highest BCUT2D eigenvalue weighted by Crippen LogP contribution is 2.13. The summed E-state index contributed by atoms with van der Waals surface area (Å²) in [7, 11) is 0. The third-order valence-corrected chi connectivity index (χ3v) is 2.91. The largest absolute Gasteiger partial charge is 0.288 e. The van der Waals surface area contributed by atoms with Gasteiger partial charge in [0.2, 0.25) is 0 Å². The molecule has 0 saturated carbocycles. The Bertz CT molecular complexity index is 666. The molecule has 0 unspecified atom stereocenters. The van der Waals surface area contributed by atoms with Gasteiger partial charge in [0.1, 0.15) is 0 Å².